The second-order valence-electron chi connectivity index (χ2n) is 7.58. The van der Waals surface area contributed by atoms with Crippen molar-refractivity contribution in [1.82, 2.24) is 10.2 Å². The highest BCUT2D eigenvalue weighted by molar-refractivity contribution is 4.90. The highest BCUT2D eigenvalue weighted by Crippen LogP contribution is 2.31. The minimum Gasteiger partial charge on any atom is -0.314 e. The second-order valence-corrected chi connectivity index (χ2v) is 7.58. The van der Waals surface area contributed by atoms with Crippen LogP contribution in [0.3, 0.4) is 0 Å². The van der Waals surface area contributed by atoms with E-state index in [2.05, 4.69) is 37.9 Å². The molecule has 0 aromatic heterocycles. The number of nitrogens with zero attached hydrogens (tertiary/aromatic N) is 1. The van der Waals surface area contributed by atoms with Crippen LogP contribution in [0.25, 0.3) is 0 Å². The number of hydrogen-bond acceptors (Lipinski definition) is 2. The summed E-state index contributed by atoms with van der Waals surface area (Å²) in [5, 5.41) is 3.64. The number of nitrogens with one attached hydrogen (secondary N) is 1. The van der Waals surface area contributed by atoms with E-state index in [4.69, 9.17) is 0 Å². The Hall–Kier alpha value is -0.0800. The fourth-order valence-electron chi connectivity index (χ4n) is 4.02. The van der Waals surface area contributed by atoms with Gasteiger partial charge >= 0.3 is 0 Å². The Bertz CT molecular complexity index is 258. The molecule has 0 saturated carbocycles. The molecule has 1 aliphatic heterocycles. The van der Waals surface area contributed by atoms with Crippen molar-refractivity contribution < 1.29 is 0 Å². The normalized spacial score (nSPS) is 20.2. The van der Waals surface area contributed by atoms with Gasteiger partial charge in [-0.05, 0) is 39.2 Å². The molecule has 1 N–H and O–H groups in total. The summed E-state index contributed by atoms with van der Waals surface area (Å²) in [6, 6.07) is 0.765. The molecule has 132 valence electrons. The lowest BCUT2D eigenvalue weighted by molar-refractivity contribution is 0.0518. The van der Waals surface area contributed by atoms with E-state index in [1.54, 1.807) is 0 Å². The standard InChI is InChI=1S/C20H42N2/c1-5-8-10-11-12-16-20(4,15-9-6-2)22-17-13-19(14-18-22)21-7-3/h19,21H,5-18H2,1-4H3. The lowest BCUT2D eigenvalue weighted by Gasteiger charge is -2.46. The van der Waals surface area contributed by atoms with Crippen LogP contribution in [0.15, 0.2) is 0 Å². The summed E-state index contributed by atoms with van der Waals surface area (Å²) in [4.78, 5) is 2.83. The maximum Gasteiger partial charge on any atom is 0.0181 e. The number of unbranched alkanes of at least 4 members (excludes halogenated alkanes) is 5. The predicted molar refractivity (Wildman–Crippen MR) is 99.6 cm³/mol. The second kappa shape index (κ2) is 11.5. The van der Waals surface area contributed by atoms with Crippen molar-refractivity contribution >= 4 is 0 Å². The summed E-state index contributed by atoms with van der Waals surface area (Å²) in [7, 11) is 0. The Labute approximate surface area is 140 Å². The minimum absolute atomic E-state index is 0.458. The van der Waals surface area contributed by atoms with E-state index in [0.717, 1.165) is 12.6 Å². The van der Waals surface area contributed by atoms with Gasteiger partial charge in [0, 0.05) is 24.7 Å². The molecule has 0 aromatic rings. The van der Waals surface area contributed by atoms with E-state index in [9.17, 15) is 0 Å². The first kappa shape index (κ1) is 20.0. The molecule has 1 unspecified atom stereocenters. The first-order valence-electron chi connectivity index (χ1n) is 10.1. The first-order valence-corrected chi connectivity index (χ1v) is 10.1. The molecule has 0 amide bonds. The average Bonchev–Trinajstić information content (AvgIpc) is 2.54. The zero-order chi connectivity index (χ0) is 16.3. The van der Waals surface area contributed by atoms with Gasteiger partial charge < -0.3 is 5.32 Å². The summed E-state index contributed by atoms with van der Waals surface area (Å²) in [6.45, 7) is 13.1. The van der Waals surface area contributed by atoms with Crippen LogP contribution in [0.2, 0.25) is 0 Å². The third-order valence-electron chi connectivity index (χ3n) is 5.64. The molecular weight excluding hydrogens is 268 g/mol. The van der Waals surface area contributed by atoms with Crippen LogP contribution < -0.4 is 5.32 Å². The maximum absolute atomic E-state index is 3.64. The lowest BCUT2D eigenvalue weighted by Crippen LogP contribution is -2.52. The van der Waals surface area contributed by atoms with E-state index in [1.165, 1.54) is 83.7 Å². The fourth-order valence-corrected chi connectivity index (χ4v) is 4.02. The van der Waals surface area contributed by atoms with Gasteiger partial charge in [-0.25, -0.2) is 0 Å². The highest BCUT2D eigenvalue weighted by Gasteiger charge is 2.33. The van der Waals surface area contributed by atoms with Gasteiger partial charge in [0.05, 0.1) is 0 Å². The van der Waals surface area contributed by atoms with Gasteiger partial charge in [-0.1, -0.05) is 65.7 Å². The van der Waals surface area contributed by atoms with Crippen LogP contribution in [0.1, 0.15) is 98.3 Å². The number of hydrogen-bond donors (Lipinski definition) is 1. The van der Waals surface area contributed by atoms with E-state index >= 15 is 0 Å². The predicted octanol–water partition coefficient (Wildman–Crippen LogP) is 5.37. The Morgan fingerprint density at radius 3 is 2.05 bits per heavy atom. The summed E-state index contributed by atoms with van der Waals surface area (Å²) >= 11 is 0. The summed E-state index contributed by atoms with van der Waals surface area (Å²) in [5.74, 6) is 0. The molecule has 0 bridgehead atoms. The minimum atomic E-state index is 0.458. The van der Waals surface area contributed by atoms with Crippen LogP contribution in [0.4, 0.5) is 0 Å². The van der Waals surface area contributed by atoms with Crippen LogP contribution in [-0.2, 0) is 0 Å². The molecule has 2 heteroatoms. The fraction of sp³-hybridized carbons (Fsp3) is 1.00. The van der Waals surface area contributed by atoms with Crippen molar-refractivity contribution in [1.29, 1.82) is 0 Å². The zero-order valence-corrected chi connectivity index (χ0v) is 15.9. The lowest BCUT2D eigenvalue weighted by atomic mass is 9.85. The van der Waals surface area contributed by atoms with Crippen molar-refractivity contribution in [3.8, 4) is 0 Å². The smallest absolute Gasteiger partial charge is 0.0181 e. The Morgan fingerprint density at radius 2 is 1.45 bits per heavy atom. The number of likely N-dealkylation sites (tertiary alicyclic amines) is 1. The van der Waals surface area contributed by atoms with Crippen molar-refractivity contribution in [2.45, 2.75) is 110 Å². The van der Waals surface area contributed by atoms with E-state index < -0.39 is 0 Å². The Kier molecular flexibility index (Phi) is 10.4. The Balaban J connectivity index is 2.44. The SMILES string of the molecule is CCCCCCCC(C)(CCCC)N1CCC(NCC)CC1. The van der Waals surface area contributed by atoms with E-state index in [1.807, 2.05) is 0 Å². The molecule has 1 fully saturated rings. The molecule has 0 spiro atoms. The van der Waals surface area contributed by atoms with Crippen LogP contribution in [0.5, 0.6) is 0 Å². The summed E-state index contributed by atoms with van der Waals surface area (Å²) in [6.07, 6.45) is 15.3. The molecule has 1 rings (SSSR count). The average molecular weight is 311 g/mol. The highest BCUT2D eigenvalue weighted by atomic mass is 15.2. The molecular formula is C20H42N2. The van der Waals surface area contributed by atoms with E-state index in [-0.39, 0.29) is 0 Å². The van der Waals surface area contributed by atoms with Crippen molar-refractivity contribution in [3.05, 3.63) is 0 Å². The molecule has 22 heavy (non-hydrogen) atoms. The van der Waals surface area contributed by atoms with Crippen LogP contribution >= 0.6 is 0 Å². The summed E-state index contributed by atoms with van der Waals surface area (Å²) in [5.41, 5.74) is 0.458. The molecule has 0 aliphatic carbocycles. The quantitative estimate of drug-likeness (QED) is 0.487. The molecule has 0 aromatic carbocycles. The molecule has 0 radical (unpaired) electrons. The van der Waals surface area contributed by atoms with Crippen LogP contribution in [-0.4, -0.2) is 36.1 Å². The van der Waals surface area contributed by atoms with Crippen molar-refractivity contribution in [3.63, 3.8) is 0 Å². The van der Waals surface area contributed by atoms with Gasteiger partial charge in [0.25, 0.3) is 0 Å². The molecule has 2 nitrogen and oxygen atoms in total. The van der Waals surface area contributed by atoms with Crippen molar-refractivity contribution in [2.24, 2.45) is 0 Å². The summed E-state index contributed by atoms with van der Waals surface area (Å²) < 4.78 is 0. The van der Waals surface area contributed by atoms with Gasteiger partial charge in [-0.3, -0.25) is 4.90 Å². The van der Waals surface area contributed by atoms with Crippen molar-refractivity contribution in [2.75, 3.05) is 19.6 Å². The molecule has 1 saturated heterocycles. The third-order valence-corrected chi connectivity index (χ3v) is 5.64. The number of rotatable bonds is 12. The largest absolute Gasteiger partial charge is 0.314 e. The van der Waals surface area contributed by atoms with Gasteiger partial charge in [-0.15, -0.1) is 0 Å². The molecule has 1 heterocycles. The monoisotopic (exact) mass is 310 g/mol. The van der Waals surface area contributed by atoms with Gasteiger partial charge in [0.1, 0.15) is 0 Å². The zero-order valence-electron chi connectivity index (χ0n) is 15.9. The first-order chi connectivity index (χ1) is 10.7. The maximum atomic E-state index is 3.64. The van der Waals surface area contributed by atoms with Gasteiger partial charge in [-0.2, -0.15) is 0 Å². The third kappa shape index (κ3) is 7.00. The van der Waals surface area contributed by atoms with Gasteiger partial charge in [0.15, 0.2) is 0 Å². The molecule has 1 atom stereocenters. The van der Waals surface area contributed by atoms with E-state index in [0.29, 0.717) is 5.54 Å². The van der Waals surface area contributed by atoms with Crippen LogP contribution in [0, 0.1) is 0 Å². The Morgan fingerprint density at radius 1 is 0.864 bits per heavy atom. The van der Waals surface area contributed by atoms with Gasteiger partial charge in [0.2, 0.25) is 0 Å². The topological polar surface area (TPSA) is 15.3 Å². The number of piperidine rings is 1. The molecule has 1 aliphatic rings.